The van der Waals surface area contributed by atoms with Crippen molar-refractivity contribution in [1.29, 1.82) is 0 Å². The molecule has 2 heterocycles. The van der Waals surface area contributed by atoms with Crippen LogP contribution in [-0.4, -0.2) is 15.0 Å². The van der Waals surface area contributed by atoms with Crippen LogP contribution in [0, 0.1) is 6.92 Å². The highest BCUT2D eigenvalue weighted by Gasteiger charge is 2.15. The van der Waals surface area contributed by atoms with E-state index in [0.29, 0.717) is 0 Å². The van der Waals surface area contributed by atoms with Crippen LogP contribution >= 0.6 is 0 Å². The van der Waals surface area contributed by atoms with Crippen molar-refractivity contribution in [2.24, 2.45) is 7.05 Å². The van der Waals surface area contributed by atoms with Gasteiger partial charge < -0.3 is 0 Å². The predicted octanol–water partition coefficient (Wildman–Crippen LogP) is 0.407. The molecule has 0 unspecified atom stereocenters. The van der Waals surface area contributed by atoms with Crippen LogP contribution in [0.5, 0.6) is 0 Å². The molecule has 2 aromatic rings. The first-order valence-corrected chi connectivity index (χ1v) is 3.73. The van der Waals surface area contributed by atoms with Crippen LogP contribution in [0.2, 0.25) is 0 Å². The van der Waals surface area contributed by atoms with E-state index in [0.717, 1.165) is 21.5 Å². The molecule has 2 aromatic heterocycles. The van der Waals surface area contributed by atoms with Gasteiger partial charge in [0.05, 0.1) is 0 Å². The molecule has 12 heavy (non-hydrogen) atoms. The maximum absolute atomic E-state index is 9.43. The number of pyridine rings is 1. The fourth-order valence-electron chi connectivity index (χ4n) is 1.43. The number of aryl methyl sites for hydroxylation is 2. The van der Waals surface area contributed by atoms with Gasteiger partial charge in [0, 0.05) is 17.8 Å². The van der Waals surface area contributed by atoms with Crippen LogP contribution in [0.15, 0.2) is 18.3 Å². The zero-order chi connectivity index (χ0) is 8.72. The first kappa shape index (κ1) is 7.09. The van der Waals surface area contributed by atoms with Crippen LogP contribution in [0.4, 0.5) is 0 Å². The van der Waals surface area contributed by atoms with Gasteiger partial charge >= 0.3 is 5.52 Å². The van der Waals surface area contributed by atoms with E-state index in [1.165, 1.54) is 0 Å². The second kappa shape index (κ2) is 2.20. The topological polar surface area (TPSA) is 41.9 Å². The Morgan fingerprint density at radius 1 is 1.58 bits per heavy atom. The monoisotopic (exact) mass is 164 g/mol. The maximum atomic E-state index is 9.43. The Morgan fingerprint density at radius 3 is 3.00 bits per heavy atom. The Morgan fingerprint density at radius 2 is 2.33 bits per heavy atom. The van der Waals surface area contributed by atoms with Gasteiger partial charge in [-0.05, 0) is 13.0 Å². The largest absolute Gasteiger partial charge is 0.305 e. The lowest BCUT2D eigenvalue weighted by Crippen LogP contribution is -2.30. The van der Waals surface area contributed by atoms with E-state index in [9.17, 15) is 5.21 Å². The van der Waals surface area contributed by atoms with E-state index < -0.39 is 0 Å². The molecular weight excluding hydrogens is 154 g/mol. The fourth-order valence-corrected chi connectivity index (χ4v) is 1.43. The van der Waals surface area contributed by atoms with Crippen LogP contribution < -0.4 is 4.73 Å². The lowest BCUT2D eigenvalue weighted by molar-refractivity contribution is -0.884. The SMILES string of the molecule is Cc1nn(C)c2ccc[n+](O)c12. The molecule has 0 bridgehead atoms. The van der Waals surface area contributed by atoms with Gasteiger partial charge in [0.15, 0.2) is 0 Å². The van der Waals surface area contributed by atoms with Crippen molar-refractivity contribution in [1.82, 2.24) is 9.78 Å². The fraction of sp³-hybridized carbons (Fsp3) is 0.250. The van der Waals surface area contributed by atoms with E-state index in [-0.39, 0.29) is 0 Å². The quantitative estimate of drug-likeness (QED) is 0.452. The normalized spacial score (nSPS) is 10.8. The summed E-state index contributed by atoms with van der Waals surface area (Å²) in [5, 5.41) is 13.6. The number of hydrogen-bond acceptors (Lipinski definition) is 2. The van der Waals surface area contributed by atoms with Crippen LogP contribution in [0.3, 0.4) is 0 Å². The number of rotatable bonds is 0. The van der Waals surface area contributed by atoms with Gasteiger partial charge in [0.1, 0.15) is 11.2 Å². The third kappa shape index (κ3) is 0.777. The summed E-state index contributed by atoms with van der Waals surface area (Å²) in [7, 11) is 1.86. The van der Waals surface area contributed by atoms with Gasteiger partial charge in [0.2, 0.25) is 6.20 Å². The Kier molecular flexibility index (Phi) is 1.30. The molecule has 0 spiro atoms. The number of aromatic nitrogens is 3. The summed E-state index contributed by atoms with van der Waals surface area (Å²) in [5.41, 5.74) is 2.52. The third-order valence-corrected chi connectivity index (χ3v) is 1.94. The second-order valence-electron chi connectivity index (χ2n) is 2.80. The van der Waals surface area contributed by atoms with Crippen molar-refractivity contribution < 1.29 is 9.94 Å². The van der Waals surface area contributed by atoms with Gasteiger partial charge in [0.25, 0.3) is 0 Å². The molecule has 0 radical (unpaired) electrons. The summed E-state index contributed by atoms with van der Waals surface area (Å²) in [5.74, 6) is 0. The molecular formula is C8H10N3O+. The molecule has 0 aliphatic carbocycles. The van der Waals surface area contributed by atoms with Crippen molar-refractivity contribution in [3.63, 3.8) is 0 Å². The van der Waals surface area contributed by atoms with Crippen molar-refractivity contribution in [2.75, 3.05) is 0 Å². The average Bonchev–Trinajstić information content (AvgIpc) is 2.29. The number of nitrogens with zero attached hydrogens (tertiary/aromatic N) is 3. The molecule has 0 aliphatic heterocycles. The Balaban J connectivity index is 2.99. The first-order chi connectivity index (χ1) is 5.70. The van der Waals surface area contributed by atoms with Gasteiger partial charge in [-0.1, -0.05) is 0 Å². The van der Waals surface area contributed by atoms with E-state index in [1.807, 2.05) is 20.0 Å². The predicted molar refractivity (Wildman–Crippen MR) is 42.8 cm³/mol. The highest BCUT2D eigenvalue weighted by molar-refractivity contribution is 5.73. The Hall–Kier alpha value is -1.58. The minimum Gasteiger partial charge on any atom is -0.284 e. The van der Waals surface area contributed by atoms with E-state index in [2.05, 4.69) is 5.10 Å². The third-order valence-electron chi connectivity index (χ3n) is 1.94. The zero-order valence-electron chi connectivity index (χ0n) is 7.02. The highest BCUT2D eigenvalue weighted by Crippen LogP contribution is 2.10. The van der Waals surface area contributed by atoms with Crippen LogP contribution in [0.1, 0.15) is 5.69 Å². The first-order valence-electron chi connectivity index (χ1n) is 3.73. The van der Waals surface area contributed by atoms with E-state index in [4.69, 9.17) is 0 Å². The van der Waals surface area contributed by atoms with Gasteiger partial charge in [-0.2, -0.15) is 5.10 Å². The summed E-state index contributed by atoms with van der Waals surface area (Å²) in [6, 6.07) is 3.70. The second-order valence-corrected chi connectivity index (χ2v) is 2.80. The van der Waals surface area contributed by atoms with Crippen LogP contribution in [0.25, 0.3) is 11.0 Å². The minimum absolute atomic E-state index is 0.764. The van der Waals surface area contributed by atoms with Crippen molar-refractivity contribution in [3.05, 3.63) is 24.0 Å². The molecule has 2 rings (SSSR count). The summed E-state index contributed by atoms with van der Waals surface area (Å²) < 4.78 is 2.84. The van der Waals surface area contributed by atoms with Gasteiger partial charge in [-0.15, -0.1) is 0 Å². The molecule has 0 atom stereocenters. The van der Waals surface area contributed by atoms with Crippen molar-refractivity contribution in [2.45, 2.75) is 6.92 Å². The molecule has 0 saturated carbocycles. The van der Waals surface area contributed by atoms with Crippen molar-refractivity contribution >= 4 is 11.0 Å². The molecule has 0 amide bonds. The van der Waals surface area contributed by atoms with E-state index >= 15 is 0 Å². The molecule has 4 nitrogen and oxygen atoms in total. The number of hydrogen-bond donors (Lipinski definition) is 1. The van der Waals surface area contributed by atoms with Crippen LogP contribution in [-0.2, 0) is 7.05 Å². The summed E-state index contributed by atoms with van der Waals surface area (Å²) >= 11 is 0. The van der Waals surface area contributed by atoms with Gasteiger partial charge in [-0.25, -0.2) is 0 Å². The Bertz CT molecular complexity index is 433. The summed E-state index contributed by atoms with van der Waals surface area (Å²) in [6.45, 7) is 1.87. The maximum Gasteiger partial charge on any atom is 0.305 e. The van der Waals surface area contributed by atoms with Gasteiger partial charge in [-0.3, -0.25) is 9.89 Å². The lowest BCUT2D eigenvalue weighted by Gasteiger charge is -1.88. The molecule has 0 aromatic carbocycles. The molecule has 1 N–H and O–H groups in total. The Labute approximate surface area is 69.6 Å². The smallest absolute Gasteiger partial charge is 0.284 e. The summed E-state index contributed by atoms with van der Waals surface area (Å²) in [4.78, 5) is 0. The zero-order valence-corrected chi connectivity index (χ0v) is 7.02. The molecule has 4 heteroatoms. The van der Waals surface area contributed by atoms with Crippen molar-refractivity contribution in [3.8, 4) is 0 Å². The molecule has 0 aliphatic rings. The average molecular weight is 164 g/mol. The lowest BCUT2D eigenvalue weighted by atomic mass is 10.3. The molecule has 62 valence electrons. The molecule has 0 saturated heterocycles. The van der Waals surface area contributed by atoms with E-state index in [1.54, 1.807) is 16.9 Å². The summed E-state index contributed by atoms with van der Waals surface area (Å²) in [6.07, 6.45) is 1.59. The standard InChI is InChI=1S/C8H10N3O/c1-6-8-7(10(2)9-6)4-3-5-11(8)12/h3-5,12H,1-2H3/q+1. The minimum atomic E-state index is 0.764. The molecule has 0 fully saturated rings. The number of fused-ring (bicyclic) bond motifs is 1. The highest BCUT2D eigenvalue weighted by atomic mass is 16.5.